The average molecular weight is 166 g/mol. The zero-order chi connectivity index (χ0) is 8.97. The third-order valence-corrected chi connectivity index (χ3v) is 1.25. The topological polar surface area (TPSA) is 74.4 Å². The fourth-order valence-corrected chi connectivity index (χ4v) is 0.777. The van der Waals surface area contributed by atoms with Gasteiger partial charge in [0.1, 0.15) is 5.39 Å². The van der Waals surface area contributed by atoms with Gasteiger partial charge in [-0.3, -0.25) is 9.89 Å². The van der Waals surface area contributed by atoms with E-state index in [0.717, 1.165) is 0 Å². The van der Waals surface area contributed by atoms with Gasteiger partial charge in [-0.2, -0.15) is 5.10 Å². The lowest BCUT2D eigenvalue weighted by Crippen LogP contribution is -2.04. The van der Waals surface area contributed by atoms with Gasteiger partial charge < -0.3 is 4.98 Å². The molecular weight excluding hydrogens is 156 g/mol. The largest absolute Gasteiger partial charge is 0.312 e. The van der Waals surface area contributed by atoms with Crippen LogP contribution in [0.4, 0.5) is 0 Å². The number of nitrogens with zero attached hydrogens (tertiary/aromatic N) is 2. The van der Waals surface area contributed by atoms with Crippen molar-refractivity contribution in [2.45, 2.75) is 13.8 Å². The van der Waals surface area contributed by atoms with E-state index in [1.54, 1.807) is 0 Å². The molecule has 0 aliphatic rings. The molecule has 0 aliphatic carbocycles. The highest BCUT2D eigenvalue weighted by atomic mass is 16.1. The Hall–Kier alpha value is -1.65. The van der Waals surface area contributed by atoms with Crippen LogP contribution < -0.4 is 5.56 Å². The van der Waals surface area contributed by atoms with Crippen molar-refractivity contribution in [3.63, 3.8) is 0 Å². The molecule has 5 nitrogen and oxygen atoms in total. The van der Waals surface area contributed by atoms with Crippen LogP contribution >= 0.6 is 0 Å². The van der Waals surface area contributed by atoms with E-state index < -0.39 is 0 Å². The minimum absolute atomic E-state index is 0.168. The van der Waals surface area contributed by atoms with Gasteiger partial charge in [0.2, 0.25) is 0 Å². The maximum absolute atomic E-state index is 10.9. The van der Waals surface area contributed by atoms with Crippen LogP contribution in [0.1, 0.15) is 13.8 Å². The van der Waals surface area contributed by atoms with Crippen LogP contribution in [0.15, 0.2) is 17.3 Å². The summed E-state index contributed by atoms with van der Waals surface area (Å²) in [7, 11) is 0. The van der Waals surface area contributed by atoms with Crippen molar-refractivity contribution in [3.05, 3.63) is 22.9 Å². The molecule has 2 rings (SSSR count). The summed E-state index contributed by atoms with van der Waals surface area (Å²) in [5.74, 6) is 0. The fourth-order valence-electron chi connectivity index (χ4n) is 0.777. The van der Waals surface area contributed by atoms with E-state index in [9.17, 15) is 4.79 Å². The zero-order valence-electron chi connectivity index (χ0n) is 6.96. The molecule has 0 aromatic carbocycles. The zero-order valence-corrected chi connectivity index (χ0v) is 6.96. The summed E-state index contributed by atoms with van der Waals surface area (Å²) in [4.78, 5) is 17.1. The summed E-state index contributed by atoms with van der Waals surface area (Å²) >= 11 is 0. The van der Waals surface area contributed by atoms with E-state index in [-0.39, 0.29) is 5.56 Å². The predicted octanol–water partition coefficient (Wildman–Crippen LogP) is 0.672. The molecule has 0 fully saturated rings. The van der Waals surface area contributed by atoms with Gasteiger partial charge in [-0.25, -0.2) is 4.98 Å². The van der Waals surface area contributed by atoms with Crippen LogP contribution in [0.2, 0.25) is 0 Å². The van der Waals surface area contributed by atoms with Crippen molar-refractivity contribution in [2.75, 3.05) is 0 Å². The Labute approximate surface area is 68.8 Å². The first-order valence-electron chi connectivity index (χ1n) is 3.75. The highest BCUT2D eigenvalue weighted by Crippen LogP contribution is 1.96. The van der Waals surface area contributed by atoms with Gasteiger partial charge in [-0.15, -0.1) is 0 Å². The van der Waals surface area contributed by atoms with E-state index in [1.807, 2.05) is 13.8 Å². The van der Waals surface area contributed by atoms with Gasteiger partial charge in [0.15, 0.2) is 5.65 Å². The van der Waals surface area contributed by atoms with Gasteiger partial charge in [-0.05, 0) is 0 Å². The molecule has 0 atom stereocenters. The lowest BCUT2D eigenvalue weighted by atomic mass is 10.4. The van der Waals surface area contributed by atoms with Gasteiger partial charge in [0, 0.05) is 0 Å². The Morgan fingerprint density at radius 3 is 2.83 bits per heavy atom. The van der Waals surface area contributed by atoms with Crippen LogP contribution in [-0.4, -0.2) is 20.2 Å². The quantitative estimate of drug-likeness (QED) is 0.604. The number of aromatic amines is 2. The van der Waals surface area contributed by atoms with Gasteiger partial charge >= 0.3 is 0 Å². The first-order valence-corrected chi connectivity index (χ1v) is 3.75. The molecule has 0 bridgehead atoms. The molecule has 64 valence electrons. The Balaban J connectivity index is 0.000000336. The second-order valence-electron chi connectivity index (χ2n) is 1.86. The predicted molar refractivity (Wildman–Crippen MR) is 45.9 cm³/mol. The Bertz CT molecular complexity index is 403. The lowest BCUT2D eigenvalue weighted by molar-refractivity contribution is 1.08. The third-order valence-electron chi connectivity index (χ3n) is 1.25. The van der Waals surface area contributed by atoms with Crippen LogP contribution in [-0.2, 0) is 0 Å². The number of rotatable bonds is 0. The fraction of sp³-hybridized carbons (Fsp3) is 0.286. The van der Waals surface area contributed by atoms with Crippen molar-refractivity contribution < 1.29 is 0 Å². The molecule has 0 aliphatic heterocycles. The summed E-state index contributed by atoms with van der Waals surface area (Å²) < 4.78 is 0. The molecule has 2 aromatic heterocycles. The molecule has 0 saturated carbocycles. The second kappa shape index (κ2) is 3.66. The summed E-state index contributed by atoms with van der Waals surface area (Å²) in [6.45, 7) is 4.00. The maximum atomic E-state index is 10.9. The lowest BCUT2D eigenvalue weighted by Gasteiger charge is -1.81. The first kappa shape index (κ1) is 8.45. The summed E-state index contributed by atoms with van der Waals surface area (Å²) in [5, 5.41) is 6.72. The highest BCUT2D eigenvalue weighted by Gasteiger charge is 1.97. The maximum Gasteiger partial charge on any atom is 0.261 e. The number of hydrogen-bond acceptors (Lipinski definition) is 3. The SMILES string of the molecule is CC.O=c1[nH]cnc2[nH]ncc12. The molecule has 5 heteroatoms. The molecule has 2 N–H and O–H groups in total. The Kier molecular flexibility index (Phi) is 2.57. The van der Waals surface area contributed by atoms with E-state index in [4.69, 9.17) is 0 Å². The molecule has 2 aromatic rings. The van der Waals surface area contributed by atoms with Gasteiger partial charge in [0.25, 0.3) is 5.56 Å². The molecule has 12 heavy (non-hydrogen) atoms. The summed E-state index contributed by atoms with van der Waals surface area (Å²) in [5.41, 5.74) is 0.350. The van der Waals surface area contributed by atoms with Crippen molar-refractivity contribution in [1.29, 1.82) is 0 Å². The molecule has 0 radical (unpaired) electrons. The molecule has 0 saturated heterocycles. The van der Waals surface area contributed by atoms with Crippen LogP contribution in [0.25, 0.3) is 11.0 Å². The highest BCUT2D eigenvalue weighted by molar-refractivity contribution is 5.71. The molecule has 0 spiro atoms. The normalized spacial score (nSPS) is 9.17. The standard InChI is InChI=1S/C5H4N4O.C2H6/c10-5-3-1-8-9-4(3)6-2-7-5;1-2/h1-2H,(H2,6,7,8,9,10);1-2H3. The smallest absolute Gasteiger partial charge is 0.261 e. The van der Waals surface area contributed by atoms with Crippen molar-refractivity contribution >= 4 is 11.0 Å². The Morgan fingerprint density at radius 1 is 1.42 bits per heavy atom. The number of hydrogen-bond donors (Lipinski definition) is 2. The number of aromatic nitrogens is 4. The van der Waals surface area contributed by atoms with E-state index in [0.29, 0.717) is 11.0 Å². The van der Waals surface area contributed by atoms with Crippen molar-refractivity contribution in [1.82, 2.24) is 20.2 Å². The molecule has 0 amide bonds. The van der Waals surface area contributed by atoms with Gasteiger partial charge in [0.05, 0.1) is 12.5 Å². The second-order valence-corrected chi connectivity index (χ2v) is 1.86. The molecule has 0 unspecified atom stereocenters. The van der Waals surface area contributed by atoms with Crippen LogP contribution in [0.3, 0.4) is 0 Å². The van der Waals surface area contributed by atoms with Crippen molar-refractivity contribution in [3.8, 4) is 0 Å². The minimum Gasteiger partial charge on any atom is -0.312 e. The average Bonchev–Trinajstić information content (AvgIpc) is 2.57. The number of nitrogens with one attached hydrogen (secondary N) is 2. The summed E-state index contributed by atoms with van der Waals surface area (Å²) in [6, 6.07) is 0. The van der Waals surface area contributed by atoms with Crippen molar-refractivity contribution in [2.24, 2.45) is 0 Å². The molecule has 2 heterocycles. The van der Waals surface area contributed by atoms with E-state index in [1.165, 1.54) is 12.5 Å². The minimum atomic E-state index is -0.168. The number of fused-ring (bicyclic) bond motifs is 1. The molecular formula is C7H10N4O. The van der Waals surface area contributed by atoms with Gasteiger partial charge in [-0.1, -0.05) is 13.8 Å². The number of H-pyrrole nitrogens is 2. The first-order chi connectivity index (χ1) is 5.88. The van der Waals surface area contributed by atoms with E-state index in [2.05, 4.69) is 20.2 Å². The summed E-state index contributed by atoms with van der Waals surface area (Å²) in [6.07, 6.45) is 2.78. The van der Waals surface area contributed by atoms with E-state index >= 15 is 0 Å². The monoisotopic (exact) mass is 166 g/mol. The third kappa shape index (κ3) is 1.34. The van der Waals surface area contributed by atoms with Crippen LogP contribution in [0, 0.1) is 0 Å². The Morgan fingerprint density at radius 2 is 2.17 bits per heavy atom. The van der Waals surface area contributed by atoms with Crippen LogP contribution in [0.5, 0.6) is 0 Å².